The molecule has 1 heterocycles. The van der Waals surface area contributed by atoms with E-state index >= 15 is 0 Å². The first kappa shape index (κ1) is 13.7. The number of rotatable bonds is 4. The molecule has 1 aromatic heterocycles. The zero-order chi connectivity index (χ0) is 13.8. The van der Waals surface area contributed by atoms with Gasteiger partial charge in [-0.2, -0.15) is 5.10 Å². The zero-order valence-corrected chi connectivity index (χ0v) is 11.4. The molecule has 0 radical (unpaired) electrons. The summed E-state index contributed by atoms with van der Waals surface area (Å²) in [7, 11) is 0. The van der Waals surface area contributed by atoms with E-state index in [0.29, 0.717) is 11.9 Å². The van der Waals surface area contributed by atoms with Gasteiger partial charge in [-0.25, -0.2) is 4.98 Å². The van der Waals surface area contributed by atoms with Crippen molar-refractivity contribution < 1.29 is 9.90 Å². The summed E-state index contributed by atoms with van der Waals surface area (Å²) in [4.78, 5) is 15.2. The van der Waals surface area contributed by atoms with Crippen LogP contribution in [0.5, 0.6) is 0 Å². The van der Waals surface area contributed by atoms with E-state index < -0.39 is 5.97 Å². The minimum Gasteiger partial charge on any atom is -0.481 e. The van der Waals surface area contributed by atoms with E-state index in [-0.39, 0.29) is 5.92 Å². The van der Waals surface area contributed by atoms with E-state index in [1.165, 1.54) is 0 Å². The maximum atomic E-state index is 10.9. The van der Waals surface area contributed by atoms with Gasteiger partial charge in [-0.15, -0.1) is 5.10 Å². The summed E-state index contributed by atoms with van der Waals surface area (Å²) in [5.74, 6) is 0.244. The van der Waals surface area contributed by atoms with Crippen LogP contribution >= 0.6 is 0 Å². The number of anilines is 1. The summed E-state index contributed by atoms with van der Waals surface area (Å²) >= 11 is 0. The third kappa shape index (κ3) is 3.62. The molecule has 0 aromatic carbocycles. The molecule has 0 unspecified atom stereocenters. The molecule has 1 aromatic rings. The minimum atomic E-state index is -0.659. The molecule has 1 aliphatic carbocycles. The molecule has 0 amide bonds. The lowest BCUT2D eigenvalue weighted by Crippen LogP contribution is -2.25. The Morgan fingerprint density at radius 2 is 1.89 bits per heavy atom. The van der Waals surface area contributed by atoms with Gasteiger partial charge in [-0.3, -0.25) is 4.79 Å². The number of aromatic nitrogens is 3. The van der Waals surface area contributed by atoms with E-state index in [9.17, 15) is 4.79 Å². The second kappa shape index (κ2) is 5.95. The van der Waals surface area contributed by atoms with Crippen LogP contribution in [-0.4, -0.2) is 32.8 Å². The van der Waals surface area contributed by atoms with Gasteiger partial charge in [0.25, 0.3) is 0 Å². The number of hydrogen-bond acceptors (Lipinski definition) is 5. The Kier molecular flexibility index (Phi) is 4.29. The molecule has 19 heavy (non-hydrogen) atoms. The van der Waals surface area contributed by atoms with E-state index in [0.717, 1.165) is 43.6 Å². The summed E-state index contributed by atoms with van der Waals surface area (Å²) in [5, 5.41) is 20.2. The van der Waals surface area contributed by atoms with Crippen molar-refractivity contribution in [3.63, 3.8) is 0 Å². The molecule has 1 fully saturated rings. The summed E-state index contributed by atoms with van der Waals surface area (Å²) < 4.78 is 0. The van der Waals surface area contributed by atoms with Crippen molar-refractivity contribution in [3.05, 3.63) is 11.4 Å². The minimum absolute atomic E-state index is 0.157. The molecule has 0 aliphatic heterocycles. The molecule has 6 nitrogen and oxygen atoms in total. The van der Waals surface area contributed by atoms with Crippen LogP contribution in [0.3, 0.4) is 0 Å². The predicted octanol–water partition coefficient (Wildman–Crippen LogP) is 1.79. The highest BCUT2D eigenvalue weighted by molar-refractivity contribution is 5.69. The smallest absolute Gasteiger partial charge is 0.306 e. The number of aliphatic carboxylic acids is 1. The average Bonchev–Trinajstić information content (AvgIpc) is 2.40. The van der Waals surface area contributed by atoms with Crippen LogP contribution in [0.2, 0.25) is 0 Å². The van der Waals surface area contributed by atoms with Crippen LogP contribution in [0, 0.1) is 25.7 Å². The quantitative estimate of drug-likeness (QED) is 0.862. The first-order chi connectivity index (χ1) is 9.06. The second-order valence-electron chi connectivity index (χ2n) is 5.24. The second-order valence-corrected chi connectivity index (χ2v) is 5.24. The number of carbonyl (C=O) groups is 1. The van der Waals surface area contributed by atoms with Crippen molar-refractivity contribution in [2.45, 2.75) is 39.5 Å². The van der Waals surface area contributed by atoms with Crippen molar-refractivity contribution in [1.82, 2.24) is 15.2 Å². The highest BCUT2D eigenvalue weighted by Crippen LogP contribution is 2.28. The number of carboxylic acids is 1. The summed E-state index contributed by atoms with van der Waals surface area (Å²) in [6.07, 6.45) is 3.44. The lowest BCUT2D eigenvalue weighted by Gasteiger charge is -2.26. The van der Waals surface area contributed by atoms with E-state index in [2.05, 4.69) is 20.5 Å². The maximum Gasteiger partial charge on any atom is 0.306 e. The standard InChI is InChI=1S/C13H20N4O2/c1-8-9(2)16-17-13(15-8)14-7-10-3-5-11(6-4-10)12(18)19/h10-11H,3-7H2,1-2H3,(H,18,19)(H,14,15,17). The van der Waals surface area contributed by atoms with E-state index in [1.54, 1.807) is 0 Å². The zero-order valence-electron chi connectivity index (χ0n) is 11.4. The summed E-state index contributed by atoms with van der Waals surface area (Å²) in [6.45, 7) is 4.58. The molecular weight excluding hydrogens is 244 g/mol. The van der Waals surface area contributed by atoms with E-state index in [1.807, 2.05) is 13.8 Å². The highest BCUT2D eigenvalue weighted by Gasteiger charge is 2.25. The van der Waals surface area contributed by atoms with Crippen molar-refractivity contribution in [1.29, 1.82) is 0 Å². The van der Waals surface area contributed by atoms with Crippen LogP contribution in [0.15, 0.2) is 0 Å². The van der Waals surface area contributed by atoms with Crippen molar-refractivity contribution in [2.24, 2.45) is 11.8 Å². The van der Waals surface area contributed by atoms with Crippen LogP contribution in [-0.2, 0) is 4.79 Å². The number of nitrogens with zero attached hydrogens (tertiary/aromatic N) is 3. The third-order valence-electron chi connectivity index (χ3n) is 3.84. The molecule has 2 rings (SSSR count). The molecule has 1 aliphatic rings. The van der Waals surface area contributed by atoms with Gasteiger partial charge >= 0.3 is 5.97 Å². The Balaban J connectivity index is 1.80. The summed E-state index contributed by atoms with van der Waals surface area (Å²) in [5.41, 5.74) is 1.72. The number of nitrogens with one attached hydrogen (secondary N) is 1. The number of carboxylic acid groups (broad SMARTS) is 1. The fraction of sp³-hybridized carbons (Fsp3) is 0.692. The Bertz CT molecular complexity index is 456. The Labute approximate surface area is 112 Å². The largest absolute Gasteiger partial charge is 0.481 e. The topological polar surface area (TPSA) is 88.0 Å². The molecular formula is C13H20N4O2. The Morgan fingerprint density at radius 3 is 2.47 bits per heavy atom. The average molecular weight is 264 g/mol. The number of aryl methyl sites for hydroxylation is 2. The molecule has 2 N–H and O–H groups in total. The molecule has 0 spiro atoms. The van der Waals surface area contributed by atoms with Crippen molar-refractivity contribution in [3.8, 4) is 0 Å². The van der Waals surface area contributed by atoms with Crippen molar-refractivity contribution >= 4 is 11.9 Å². The van der Waals surface area contributed by atoms with Gasteiger partial charge in [0.2, 0.25) is 5.95 Å². The van der Waals surface area contributed by atoms with Crippen LogP contribution < -0.4 is 5.32 Å². The van der Waals surface area contributed by atoms with Gasteiger partial charge in [-0.05, 0) is 45.4 Å². The van der Waals surface area contributed by atoms with Gasteiger partial charge in [0, 0.05) is 6.54 Å². The van der Waals surface area contributed by atoms with Crippen LogP contribution in [0.25, 0.3) is 0 Å². The van der Waals surface area contributed by atoms with Gasteiger partial charge in [0.15, 0.2) is 0 Å². The Morgan fingerprint density at radius 1 is 1.21 bits per heavy atom. The molecule has 0 saturated heterocycles. The molecule has 104 valence electrons. The SMILES string of the molecule is Cc1nnc(NCC2CCC(C(=O)O)CC2)nc1C. The lowest BCUT2D eigenvalue weighted by atomic mass is 9.82. The lowest BCUT2D eigenvalue weighted by molar-refractivity contribution is -0.143. The Hall–Kier alpha value is -1.72. The first-order valence-electron chi connectivity index (χ1n) is 6.71. The first-order valence-corrected chi connectivity index (χ1v) is 6.71. The molecule has 1 saturated carbocycles. The third-order valence-corrected chi connectivity index (χ3v) is 3.84. The van der Waals surface area contributed by atoms with Crippen LogP contribution in [0.4, 0.5) is 5.95 Å². The van der Waals surface area contributed by atoms with Crippen LogP contribution in [0.1, 0.15) is 37.1 Å². The summed E-state index contributed by atoms with van der Waals surface area (Å²) in [6, 6.07) is 0. The molecule has 0 atom stereocenters. The normalized spacial score (nSPS) is 23.1. The van der Waals surface area contributed by atoms with Gasteiger partial charge in [0.1, 0.15) is 0 Å². The fourth-order valence-corrected chi connectivity index (χ4v) is 2.38. The molecule has 0 bridgehead atoms. The highest BCUT2D eigenvalue weighted by atomic mass is 16.4. The van der Waals surface area contributed by atoms with Gasteiger partial charge < -0.3 is 10.4 Å². The maximum absolute atomic E-state index is 10.9. The van der Waals surface area contributed by atoms with Crippen molar-refractivity contribution in [2.75, 3.05) is 11.9 Å². The van der Waals surface area contributed by atoms with Gasteiger partial charge in [-0.1, -0.05) is 0 Å². The number of hydrogen-bond donors (Lipinski definition) is 2. The predicted molar refractivity (Wildman–Crippen MR) is 70.9 cm³/mol. The fourth-order valence-electron chi connectivity index (χ4n) is 2.38. The monoisotopic (exact) mass is 264 g/mol. The van der Waals surface area contributed by atoms with E-state index in [4.69, 9.17) is 5.11 Å². The molecule has 6 heteroatoms. The van der Waals surface area contributed by atoms with Gasteiger partial charge in [0.05, 0.1) is 17.3 Å².